The summed E-state index contributed by atoms with van der Waals surface area (Å²) in [5.74, 6) is 1.27. The number of imide groups is 1. The van der Waals surface area contributed by atoms with Crippen molar-refractivity contribution in [3.8, 4) is 34.3 Å². The van der Waals surface area contributed by atoms with Crippen LogP contribution in [0.4, 0.5) is 21.6 Å². The average Bonchev–Trinajstić information content (AvgIpc) is 3.84. The molecule has 4 atom stereocenters. The number of hydrogen-bond acceptors (Lipinski definition) is 14. The molecule has 8 heterocycles. The molecule has 18 nitrogen and oxygen atoms in total. The number of carbonyl (C=O) groups excluding carboxylic acids is 3. The lowest BCUT2D eigenvalue weighted by molar-refractivity contribution is -0.133. The summed E-state index contributed by atoms with van der Waals surface area (Å²) in [5, 5.41) is 28.1. The van der Waals surface area contributed by atoms with Gasteiger partial charge in [-0.05, 0) is 74.1 Å². The first-order valence-electron chi connectivity index (χ1n) is 23.5. The molecule has 1 aromatic carbocycles. The third-order valence-corrected chi connectivity index (χ3v) is 15.1. The molecule has 354 valence electrons. The van der Waals surface area contributed by atoms with Crippen molar-refractivity contribution in [1.82, 2.24) is 49.9 Å². The van der Waals surface area contributed by atoms with Gasteiger partial charge >= 0.3 is 0 Å². The summed E-state index contributed by atoms with van der Waals surface area (Å²) in [4.78, 5) is 57.5. The minimum Gasteiger partial charge on any atom is -0.495 e. The molecular formula is C49H50ClFN14O4. The Balaban J connectivity index is 0.700. The monoisotopic (exact) mass is 952 g/mol. The van der Waals surface area contributed by atoms with E-state index in [9.17, 15) is 19.6 Å². The van der Waals surface area contributed by atoms with E-state index in [0.29, 0.717) is 94.5 Å². The first kappa shape index (κ1) is 44.3. The molecule has 20 heteroatoms. The molecule has 3 N–H and O–H groups in total. The molecule has 3 amide bonds. The Hall–Kier alpha value is -7.17. The molecule has 0 spiro atoms. The molecule has 2 saturated carbocycles. The van der Waals surface area contributed by atoms with Gasteiger partial charge in [0.15, 0.2) is 0 Å². The number of amides is 3. The number of ether oxygens (including phenoxy) is 1. The van der Waals surface area contributed by atoms with Gasteiger partial charge in [0, 0.05) is 100 Å². The van der Waals surface area contributed by atoms with Crippen molar-refractivity contribution in [2.75, 3.05) is 68.0 Å². The molecule has 2 unspecified atom stereocenters. The number of fused-ring (bicyclic) bond motifs is 2. The predicted octanol–water partition coefficient (Wildman–Crippen LogP) is 5.36. The van der Waals surface area contributed by atoms with Gasteiger partial charge in [-0.25, -0.2) is 23.9 Å². The highest BCUT2D eigenvalue weighted by Crippen LogP contribution is 2.52. The quantitative estimate of drug-likeness (QED) is 0.132. The van der Waals surface area contributed by atoms with Crippen molar-refractivity contribution < 1.29 is 23.5 Å². The van der Waals surface area contributed by atoms with E-state index in [1.165, 1.54) is 13.2 Å². The van der Waals surface area contributed by atoms with Crippen LogP contribution in [0, 0.1) is 34.9 Å². The van der Waals surface area contributed by atoms with Gasteiger partial charge in [-0.1, -0.05) is 11.6 Å². The van der Waals surface area contributed by atoms with Crippen molar-refractivity contribution in [3.05, 3.63) is 95.7 Å². The fourth-order valence-electron chi connectivity index (χ4n) is 10.9. The van der Waals surface area contributed by atoms with Crippen LogP contribution < -0.4 is 30.5 Å². The molecule has 5 fully saturated rings. The molecule has 3 aliphatic heterocycles. The molecule has 2 aliphatic carbocycles. The maximum atomic E-state index is 15.6. The average molecular weight is 953 g/mol. The van der Waals surface area contributed by atoms with Crippen LogP contribution in [0.1, 0.15) is 60.6 Å². The standard InChI is InChI=1S/C49H50ClFN14O4/c1-69-42-18-41(37(51)17-39(42)58-38-9-11-44(66)60-48(38)67)62-15-13-61(14-16-62)31-5-7-32(8-6-31)64-24-30(22-56-64)40-27-65-47(29(19-52)21-57-65)45(59-40)28-4-10-43(54-20-28)63-25-34-33(35(34)26-63)23-55-49(68)46-36(50)3-2-12-53-46/h2-4,10,12,17-18,20-22,24,27,31-35,38,58H,5-9,11,13-16,23,25-26H2,1H3,(H,55,68)(H,60,66,67)/t31?,32?,33?,34-,35+,38?. The number of aromatic nitrogens is 7. The Kier molecular flexibility index (Phi) is 11.8. The Bertz CT molecular complexity index is 2980. The molecule has 6 aromatic rings. The van der Waals surface area contributed by atoms with Gasteiger partial charge in [0.1, 0.15) is 46.3 Å². The molecule has 11 rings (SSSR count). The second-order valence-corrected chi connectivity index (χ2v) is 19.0. The number of pyridine rings is 2. The van der Waals surface area contributed by atoms with E-state index in [4.69, 9.17) is 31.4 Å². The van der Waals surface area contributed by atoms with Gasteiger partial charge in [-0.15, -0.1) is 0 Å². The maximum absolute atomic E-state index is 15.6. The van der Waals surface area contributed by atoms with Gasteiger partial charge in [-0.3, -0.25) is 29.3 Å². The third kappa shape index (κ3) is 8.67. The first-order chi connectivity index (χ1) is 33.6. The number of benzene rings is 1. The van der Waals surface area contributed by atoms with Gasteiger partial charge in [0.05, 0.1) is 59.5 Å². The van der Waals surface area contributed by atoms with Crippen LogP contribution in [0.5, 0.6) is 5.75 Å². The molecule has 3 saturated heterocycles. The Labute approximate surface area is 401 Å². The molecule has 69 heavy (non-hydrogen) atoms. The number of nitrogens with one attached hydrogen (secondary N) is 3. The summed E-state index contributed by atoms with van der Waals surface area (Å²) in [6.07, 6.45) is 15.2. The van der Waals surface area contributed by atoms with Crippen molar-refractivity contribution >= 4 is 52.0 Å². The van der Waals surface area contributed by atoms with Crippen LogP contribution >= 0.6 is 11.6 Å². The van der Waals surface area contributed by atoms with E-state index in [1.54, 1.807) is 35.1 Å². The minimum absolute atomic E-state index is 0.217. The zero-order chi connectivity index (χ0) is 47.3. The fourth-order valence-corrected chi connectivity index (χ4v) is 11.1. The molecule has 0 radical (unpaired) electrons. The number of hydrogen-bond donors (Lipinski definition) is 3. The molecule has 5 aromatic heterocycles. The Morgan fingerprint density at radius 1 is 0.942 bits per heavy atom. The smallest absolute Gasteiger partial charge is 0.271 e. The van der Waals surface area contributed by atoms with E-state index in [-0.39, 0.29) is 30.0 Å². The topological polar surface area (TPSA) is 204 Å². The van der Waals surface area contributed by atoms with Crippen LogP contribution in [-0.4, -0.2) is 122 Å². The summed E-state index contributed by atoms with van der Waals surface area (Å²) in [6.45, 7) is 5.25. The largest absolute Gasteiger partial charge is 0.495 e. The third-order valence-electron chi connectivity index (χ3n) is 14.8. The summed E-state index contributed by atoms with van der Waals surface area (Å²) >= 11 is 6.17. The van der Waals surface area contributed by atoms with E-state index < -0.39 is 17.8 Å². The highest BCUT2D eigenvalue weighted by molar-refractivity contribution is 6.33. The van der Waals surface area contributed by atoms with Gasteiger partial charge in [0.2, 0.25) is 11.8 Å². The van der Waals surface area contributed by atoms with Crippen LogP contribution in [-0.2, 0) is 9.59 Å². The predicted molar refractivity (Wildman–Crippen MR) is 254 cm³/mol. The Morgan fingerprint density at radius 3 is 2.46 bits per heavy atom. The maximum Gasteiger partial charge on any atom is 0.271 e. The van der Waals surface area contributed by atoms with Crippen molar-refractivity contribution in [2.45, 2.75) is 56.7 Å². The minimum atomic E-state index is -0.648. The number of methoxy groups -OCH3 is 1. The number of carbonyl (C=O) groups is 3. The normalized spacial score (nSPS) is 23.6. The van der Waals surface area contributed by atoms with Gasteiger partial charge in [0.25, 0.3) is 5.91 Å². The molecular weight excluding hydrogens is 903 g/mol. The van der Waals surface area contributed by atoms with Crippen LogP contribution in [0.25, 0.3) is 28.0 Å². The number of nitriles is 1. The second kappa shape index (κ2) is 18.4. The molecule has 0 bridgehead atoms. The summed E-state index contributed by atoms with van der Waals surface area (Å²) < 4.78 is 25.0. The van der Waals surface area contributed by atoms with Gasteiger partial charge in [-0.2, -0.15) is 15.5 Å². The lowest BCUT2D eigenvalue weighted by atomic mass is 9.90. The van der Waals surface area contributed by atoms with E-state index in [2.05, 4.69) is 57.7 Å². The van der Waals surface area contributed by atoms with Crippen molar-refractivity contribution in [1.29, 1.82) is 5.26 Å². The first-order valence-corrected chi connectivity index (χ1v) is 23.9. The lowest BCUT2D eigenvalue weighted by Gasteiger charge is -2.42. The summed E-state index contributed by atoms with van der Waals surface area (Å²) in [5.41, 5.74) is 5.04. The number of anilines is 3. The number of rotatable bonds is 12. The SMILES string of the molecule is COc1cc(N2CCN(C3CCC(n4cc(-c5cn6ncc(C#N)c6c(-c6ccc(N7C[C@@H]8C(CNC(=O)c9ncccc9Cl)[C@@H]8C7)nc6)n5)cn4)CC3)CC2)c(F)cc1NC1CCC(=O)NC1=O. The highest BCUT2D eigenvalue weighted by atomic mass is 35.5. The number of piperazine rings is 1. The zero-order valence-electron chi connectivity index (χ0n) is 37.9. The van der Waals surface area contributed by atoms with Crippen LogP contribution in [0.15, 0.2) is 73.6 Å². The number of piperidine rings is 2. The highest BCUT2D eigenvalue weighted by Gasteiger charge is 2.55. The van der Waals surface area contributed by atoms with Crippen LogP contribution in [0.3, 0.4) is 0 Å². The van der Waals surface area contributed by atoms with E-state index >= 15 is 4.39 Å². The van der Waals surface area contributed by atoms with Crippen LogP contribution in [0.2, 0.25) is 5.02 Å². The fraction of sp³-hybridized carbons (Fsp3) is 0.408. The summed E-state index contributed by atoms with van der Waals surface area (Å²) in [6, 6.07) is 12.7. The van der Waals surface area contributed by atoms with Crippen molar-refractivity contribution in [3.63, 3.8) is 0 Å². The molecule has 5 aliphatic rings. The lowest BCUT2D eigenvalue weighted by Crippen LogP contribution is -2.51. The number of nitrogens with zero attached hydrogens (tertiary/aromatic N) is 11. The van der Waals surface area contributed by atoms with Crippen molar-refractivity contribution in [2.24, 2.45) is 17.8 Å². The van der Waals surface area contributed by atoms with E-state index in [0.717, 1.165) is 68.8 Å². The zero-order valence-corrected chi connectivity index (χ0v) is 38.6. The van der Waals surface area contributed by atoms with E-state index in [1.807, 2.05) is 30.7 Å². The second-order valence-electron chi connectivity index (χ2n) is 18.6. The summed E-state index contributed by atoms with van der Waals surface area (Å²) in [7, 11) is 1.52. The number of halogens is 2. The Morgan fingerprint density at radius 2 is 1.74 bits per heavy atom. The van der Waals surface area contributed by atoms with Gasteiger partial charge < -0.3 is 25.2 Å².